The molecule has 4 rings (SSSR count). The molecule has 3 aromatic carbocycles. The second-order valence-electron chi connectivity index (χ2n) is 7.76. The van der Waals surface area contributed by atoms with Crippen molar-refractivity contribution in [2.45, 2.75) is 12.8 Å². The first kappa shape index (κ1) is 22.6. The smallest absolute Gasteiger partial charge is 0.257 e. The lowest BCUT2D eigenvalue weighted by molar-refractivity contribution is -0.117. The Morgan fingerprint density at radius 2 is 1.47 bits per heavy atom. The molecule has 4 nitrogen and oxygen atoms in total. The van der Waals surface area contributed by atoms with Crippen LogP contribution in [0.4, 0.5) is 15.8 Å². The number of nitrogens with one attached hydrogen (secondary N) is 2. The third-order valence-corrected chi connectivity index (χ3v) is 6.30. The van der Waals surface area contributed by atoms with E-state index in [1.165, 1.54) is 30.3 Å². The van der Waals surface area contributed by atoms with Gasteiger partial charge in [0.15, 0.2) is 0 Å². The molecule has 1 aliphatic rings. The van der Waals surface area contributed by atoms with Crippen molar-refractivity contribution in [1.29, 1.82) is 0 Å². The number of hydrogen-bond donors (Lipinski definition) is 2. The van der Waals surface area contributed by atoms with Gasteiger partial charge >= 0.3 is 0 Å². The van der Waals surface area contributed by atoms with E-state index in [0.29, 0.717) is 21.4 Å². The second-order valence-corrected chi connectivity index (χ2v) is 9.04. The van der Waals surface area contributed by atoms with Crippen LogP contribution in [0.25, 0.3) is 0 Å². The molecule has 0 aromatic heterocycles. The second kappa shape index (κ2) is 9.10. The Morgan fingerprint density at radius 1 is 0.844 bits per heavy atom. The van der Waals surface area contributed by atoms with Crippen molar-refractivity contribution in [3.05, 3.63) is 92.7 Å². The average molecular weight is 492 g/mol. The molecule has 0 saturated heterocycles. The van der Waals surface area contributed by atoms with E-state index in [1.54, 1.807) is 18.2 Å². The molecule has 0 heterocycles. The highest BCUT2D eigenvalue weighted by molar-refractivity contribution is 6.35. The highest BCUT2D eigenvalue weighted by Gasteiger charge is 2.52. The molecule has 2 amide bonds. The lowest BCUT2D eigenvalue weighted by Gasteiger charge is -2.10. The standard InChI is InChI=1S/C24H18Cl3FN2O2/c1-12-21(13-8-14(25)10-15(26)9-13)22(12)24(32)30-18-6-7-20(27)19(11-18)23(31)29-17-4-2-16(28)3-5-17/h2-12,21-22H,1H3,(H,29,31)(H,30,32)/t12-,21+,22?/m0/s1. The lowest BCUT2D eigenvalue weighted by atomic mass is 10.1. The molecule has 0 aliphatic heterocycles. The van der Waals surface area contributed by atoms with E-state index in [9.17, 15) is 14.0 Å². The minimum absolute atomic E-state index is 0.0137. The van der Waals surface area contributed by atoms with Crippen molar-refractivity contribution in [2.24, 2.45) is 11.8 Å². The van der Waals surface area contributed by atoms with Gasteiger partial charge in [0.05, 0.1) is 10.6 Å². The molecule has 0 radical (unpaired) electrons. The van der Waals surface area contributed by atoms with Gasteiger partial charge < -0.3 is 10.6 Å². The van der Waals surface area contributed by atoms with E-state index in [1.807, 2.05) is 19.1 Å². The predicted octanol–water partition coefficient (Wildman–Crippen LogP) is 7.03. The maximum absolute atomic E-state index is 13.1. The first-order valence-corrected chi connectivity index (χ1v) is 11.0. The summed E-state index contributed by atoms with van der Waals surface area (Å²) in [6.07, 6.45) is 0. The molecule has 1 aliphatic carbocycles. The summed E-state index contributed by atoms with van der Waals surface area (Å²) in [7, 11) is 0. The number of halogens is 4. The van der Waals surface area contributed by atoms with E-state index in [2.05, 4.69) is 10.6 Å². The van der Waals surface area contributed by atoms with Crippen LogP contribution >= 0.6 is 34.8 Å². The van der Waals surface area contributed by atoms with E-state index in [0.717, 1.165) is 5.56 Å². The number of hydrogen-bond acceptors (Lipinski definition) is 2. The summed E-state index contributed by atoms with van der Waals surface area (Å²) in [4.78, 5) is 25.5. The highest BCUT2D eigenvalue weighted by Crippen LogP contribution is 2.54. The van der Waals surface area contributed by atoms with E-state index in [4.69, 9.17) is 34.8 Å². The lowest BCUT2D eigenvalue weighted by Crippen LogP contribution is -2.17. The van der Waals surface area contributed by atoms with Gasteiger partial charge in [-0.05, 0) is 78.1 Å². The average Bonchev–Trinajstić information content (AvgIpc) is 3.41. The number of benzene rings is 3. The van der Waals surface area contributed by atoms with Gasteiger partial charge in [-0.25, -0.2) is 4.39 Å². The molecule has 1 saturated carbocycles. The van der Waals surface area contributed by atoms with Crippen LogP contribution in [0.1, 0.15) is 28.8 Å². The summed E-state index contributed by atoms with van der Waals surface area (Å²) < 4.78 is 13.1. The maximum atomic E-state index is 13.1. The normalized spacial score (nSPS) is 19.3. The molecule has 2 N–H and O–H groups in total. The SMILES string of the molecule is C[C@@H]1C(C(=O)Nc2ccc(Cl)c(C(=O)Nc3ccc(F)cc3)c2)[C@H]1c1cc(Cl)cc(Cl)c1. The van der Waals surface area contributed by atoms with Crippen molar-refractivity contribution >= 4 is 58.0 Å². The van der Waals surface area contributed by atoms with E-state index in [-0.39, 0.29) is 34.2 Å². The van der Waals surface area contributed by atoms with Crippen LogP contribution in [0.2, 0.25) is 15.1 Å². The van der Waals surface area contributed by atoms with Crippen molar-refractivity contribution in [2.75, 3.05) is 10.6 Å². The summed E-state index contributed by atoms with van der Waals surface area (Å²) in [6.45, 7) is 1.99. The zero-order chi connectivity index (χ0) is 23.0. The van der Waals surface area contributed by atoms with Crippen LogP contribution in [0.5, 0.6) is 0 Å². The molecule has 32 heavy (non-hydrogen) atoms. The van der Waals surface area contributed by atoms with Crippen molar-refractivity contribution in [3.63, 3.8) is 0 Å². The summed E-state index contributed by atoms with van der Waals surface area (Å²) in [5.41, 5.74) is 1.99. The van der Waals surface area contributed by atoms with Crippen LogP contribution in [0.15, 0.2) is 60.7 Å². The van der Waals surface area contributed by atoms with Crippen LogP contribution < -0.4 is 10.6 Å². The van der Waals surface area contributed by atoms with Crippen molar-refractivity contribution in [1.82, 2.24) is 0 Å². The molecule has 3 aromatic rings. The fourth-order valence-corrected chi connectivity index (χ4v) is 4.62. The number of amides is 2. The van der Waals surface area contributed by atoms with Crippen LogP contribution in [-0.2, 0) is 4.79 Å². The molecule has 8 heteroatoms. The molecular formula is C24H18Cl3FN2O2. The summed E-state index contributed by atoms with van der Waals surface area (Å²) in [5, 5.41) is 6.81. The minimum atomic E-state index is -0.469. The number of anilines is 2. The van der Waals surface area contributed by atoms with Gasteiger partial charge in [-0.1, -0.05) is 41.7 Å². The van der Waals surface area contributed by atoms with Gasteiger partial charge in [-0.2, -0.15) is 0 Å². The topological polar surface area (TPSA) is 58.2 Å². The van der Waals surface area contributed by atoms with Crippen LogP contribution in [0.3, 0.4) is 0 Å². The Hall–Kier alpha value is -2.60. The first-order chi connectivity index (χ1) is 15.2. The Kier molecular flexibility index (Phi) is 6.42. The Bertz CT molecular complexity index is 1180. The zero-order valence-electron chi connectivity index (χ0n) is 16.8. The summed E-state index contributed by atoms with van der Waals surface area (Å²) in [5.74, 6) is -1.14. The Balaban J connectivity index is 1.47. The molecule has 0 bridgehead atoms. The fraction of sp³-hybridized carbons (Fsp3) is 0.167. The van der Waals surface area contributed by atoms with Crippen molar-refractivity contribution < 1.29 is 14.0 Å². The van der Waals surface area contributed by atoms with Crippen LogP contribution in [0, 0.1) is 17.7 Å². The van der Waals surface area contributed by atoms with Gasteiger partial charge in [-0.15, -0.1) is 0 Å². The molecular weight excluding hydrogens is 474 g/mol. The summed E-state index contributed by atoms with van der Waals surface area (Å²) in [6, 6.07) is 15.4. The van der Waals surface area contributed by atoms with Crippen molar-refractivity contribution in [3.8, 4) is 0 Å². The minimum Gasteiger partial charge on any atom is -0.326 e. The largest absolute Gasteiger partial charge is 0.326 e. The molecule has 164 valence electrons. The van der Waals surface area contributed by atoms with Gasteiger partial charge in [0.1, 0.15) is 5.82 Å². The molecule has 3 atom stereocenters. The number of carbonyl (C=O) groups excluding carboxylic acids is 2. The third-order valence-electron chi connectivity index (χ3n) is 5.53. The molecule has 0 spiro atoms. The third kappa shape index (κ3) is 4.90. The first-order valence-electron chi connectivity index (χ1n) is 9.86. The zero-order valence-corrected chi connectivity index (χ0v) is 19.1. The fourth-order valence-electron chi connectivity index (χ4n) is 3.88. The number of carbonyl (C=O) groups is 2. The van der Waals surface area contributed by atoms with Gasteiger partial charge in [0, 0.05) is 27.3 Å². The van der Waals surface area contributed by atoms with E-state index < -0.39 is 11.7 Å². The quantitative estimate of drug-likeness (QED) is 0.403. The van der Waals surface area contributed by atoms with Gasteiger partial charge in [-0.3, -0.25) is 9.59 Å². The van der Waals surface area contributed by atoms with Gasteiger partial charge in [0.25, 0.3) is 5.91 Å². The molecule has 1 fully saturated rings. The molecule has 1 unspecified atom stereocenters. The number of rotatable bonds is 5. The predicted molar refractivity (Wildman–Crippen MR) is 126 cm³/mol. The highest BCUT2D eigenvalue weighted by atomic mass is 35.5. The Labute approximate surface area is 199 Å². The monoisotopic (exact) mass is 490 g/mol. The van der Waals surface area contributed by atoms with Crippen LogP contribution in [-0.4, -0.2) is 11.8 Å². The summed E-state index contributed by atoms with van der Waals surface area (Å²) >= 11 is 18.4. The maximum Gasteiger partial charge on any atom is 0.257 e. The van der Waals surface area contributed by atoms with E-state index >= 15 is 0 Å². The Morgan fingerprint density at radius 3 is 2.12 bits per heavy atom. The van der Waals surface area contributed by atoms with Gasteiger partial charge in [0.2, 0.25) is 5.91 Å².